The zero-order valence-electron chi connectivity index (χ0n) is 21.0. The first kappa shape index (κ1) is 24.4. The molecule has 0 fully saturated rings. The SMILES string of the molecule is COc1cc(-c2cccc3nc([C@@H](C)Nc4nc(N)nc(C)c4C#N)n(-c4ccccc4)c(=O)c23)ccn1. The van der Waals surface area contributed by atoms with Crippen LogP contribution in [0.2, 0.25) is 0 Å². The van der Waals surface area contributed by atoms with Crippen molar-refractivity contribution in [3.8, 4) is 28.8 Å². The summed E-state index contributed by atoms with van der Waals surface area (Å²) in [4.78, 5) is 31.7. The van der Waals surface area contributed by atoms with Crippen molar-refractivity contribution in [3.05, 3.63) is 94.3 Å². The molecule has 0 aliphatic rings. The van der Waals surface area contributed by atoms with E-state index in [4.69, 9.17) is 15.5 Å². The van der Waals surface area contributed by atoms with Crippen LogP contribution < -0.4 is 21.3 Å². The summed E-state index contributed by atoms with van der Waals surface area (Å²) >= 11 is 0. The van der Waals surface area contributed by atoms with E-state index >= 15 is 0 Å². The first-order valence-electron chi connectivity index (χ1n) is 11.8. The molecule has 0 spiro atoms. The Balaban J connectivity index is 1.75. The van der Waals surface area contributed by atoms with Gasteiger partial charge in [-0.3, -0.25) is 9.36 Å². The molecule has 38 heavy (non-hydrogen) atoms. The first-order valence-corrected chi connectivity index (χ1v) is 11.8. The van der Waals surface area contributed by atoms with Crippen LogP contribution >= 0.6 is 0 Å². The molecule has 0 unspecified atom stereocenters. The quantitative estimate of drug-likeness (QED) is 0.348. The fourth-order valence-corrected chi connectivity index (χ4v) is 4.40. The lowest BCUT2D eigenvalue weighted by atomic mass is 10.0. The normalized spacial score (nSPS) is 11.6. The first-order chi connectivity index (χ1) is 18.4. The van der Waals surface area contributed by atoms with Gasteiger partial charge in [-0.25, -0.2) is 15.0 Å². The number of rotatable bonds is 6. The number of anilines is 2. The molecule has 3 heterocycles. The van der Waals surface area contributed by atoms with Crippen LogP contribution in [0.4, 0.5) is 11.8 Å². The lowest BCUT2D eigenvalue weighted by Gasteiger charge is -2.21. The minimum absolute atomic E-state index is 0.0422. The van der Waals surface area contributed by atoms with Crippen molar-refractivity contribution in [2.45, 2.75) is 19.9 Å². The molecule has 188 valence electrons. The van der Waals surface area contributed by atoms with E-state index < -0.39 is 6.04 Å². The summed E-state index contributed by atoms with van der Waals surface area (Å²) in [7, 11) is 1.55. The van der Waals surface area contributed by atoms with E-state index in [0.717, 1.165) is 5.56 Å². The summed E-state index contributed by atoms with van der Waals surface area (Å²) in [6, 6.07) is 20.0. The van der Waals surface area contributed by atoms with Crippen molar-refractivity contribution >= 4 is 22.7 Å². The lowest BCUT2D eigenvalue weighted by Crippen LogP contribution is -2.28. The van der Waals surface area contributed by atoms with Gasteiger partial charge in [-0.1, -0.05) is 30.3 Å². The Morgan fingerprint density at radius 2 is 1.87 bits per heavy atom. The Kier molecular flexibility index (Phi) is 6.41. The third-order valence-corrected chi connectivity index (χ3v) is 6.15. The largest absolute Gasteiger partial charge is 0.481 e. The van der Waals surface area contributed by atoms with Crippen LogP contribution in [-0.4, -0.2) is 31.6 Å². The van der Waals surface area contributed by atoms with Gasteiger partial charge in [0, 0.05) is 12.3 Å². The third-order valence-electron chi connectivity index (χ3n) is 6.15. The zero-order valence-corrected chi connectivity index (χ0v) is 21.0. The fourth-order valence-electron chi connectivity index (χ4n) is 4.40. The summed E-state index contributed by atoms with van der Waals surface area (Å²) in [5.74, 6) is 1.20. The van der Waals surface area contributed by atoms with Gasteiger partial charge in [0.1, 0.15) is 23.3 Å². The number of pyridine rings is 1. The van der Waals surface area contributed by atoms with Crippen molar-refractivity contribution in [1.29, 1.82) is 5.26 Å². The molecule has 1 atom stereocenters. The highest BCUT2D eigenvalue weighted by Gasteiger charge is 2.22. The molecule has 0 radical (unpaired) electrons. The van der Waals surface area contributed by atoms with E-state index in [9.17, 15) is 10.1 Å². The Labute approximate surface area is 218 Å². The van der Waals surface area contributed by atoms with Crippen molar-refractivity contribution in [2.75, 3.05) is 18.2 Å². The van der Waals surface area contributed by atoms with Crippen LogP contribution in [-0.2, 0) is 0 Å². The maximum atomic E-state index is 14.2. The Bertz CT molecular complexity index is 1760. The summed E-state index contributed by atoms with van der Waals surface area (Å²) < 4.78 is 6.87. The molecule has 5 rings (SSSR count). The topological polar surface area (TPSA) is 145 Å². The Morgan fingerprint density at radius 1 is 1.08 bits per heavy atom. The van der Waals surface area contributed by atoms with E-state index in [1.54, 1.807) is 36.9 Å². The van der Waals surface area contributed by atoms with Gasteiger partial charge >= 0.3 is 0 Å². The van der Waals surface area contributed by atoms with Crippen LogP contribution in [0, 0.1) is 18.3 Å². The van der Waals surface area contributed by atoms with Crippen LogP contribution in [0.1, 0.15) is 30.0 Å². The molecule has 0 saturated carbocycles. The average Bonchev–Trinajstić information content (AvgIpc) is 2.93. The van der Waals surface area contributed by atoms with E-state index in [-0.39, 0.29) is 22.9 Å². The molecule has 5 aromatic rings. The van der Waals surface area contributed by atoms with Crippen molar-refractivity contribution in [2.24, 2.45) is 0 Å². The highest BCUT2D eigenvalue weighted by molar-refractivity contribution is 5.94. The minimum Gasteiger partial charge on any atom is -0.481 e. The number of methoxy groups -OCH3 is 1. The molecule has 2 aromatic carbocycles. The second-order valence-corrected chi connectivity index (χ2v) is 8.60. The van der Waals surface area contributed by atoms with Crippen LogP contribution in [0.25, 0.3) is 27.7 Å². The van der Waals surface area contributed by atoms with Gasteiger partial charge in [0.05, 0.1) is 35.4 Å². The summed E-state index contributed by atoms with van der Waals surface area (Å²) in [6.45, 7) is 3.54. The van der Waals surface area contributed by atoms with Gasteiger partial charge in [-0.15, -0.1) is 0 Å². The smallest absolute Gasteiger partial charge is 0.266 e. The molecule has 3 aromatic heterocycles. The van der Waals surface area contributed by atoms with Gasteiger partial charge in [0.15, 0.2) is 0 Å². The Morgan fingerprint density at radius 3 is 2.61 bits per heavy atom. The summed E-state index contributed by atoms with van der Waals surface area (Å²) in [5.41, 5.74) is 9.01. The number of ether oxygens (including phenoxy) is 1. The maximum absolute atomic E-state index is 14.2. The molecule has 0 bridgehead atoms. The number of aromatic nitrogens is 5. The van der Waals surface area contributed by atoms with Gasteiger partial charge in [0.2, 0.25) is 11.8 Å². The molecule has 0 amide bonds. The van der Waals surface area contributed by atoms with Gasteiger partial charge in [-0.2, -0.15) is 10.2 Å². The van der Waals surface area contributed by atoms with Gasteiger partial charge < -0.3 is 15.8 Å². The second kappa shape index (κ2) is 9.99. The lowest BCUT2D eigenvalue weighted by molar-refractivity contribution is 0.398. The minimum atomic E-state index is -0.530. The molecule has 0 saturated heterocycles. The zero-order chi connectivity index (χ0) is 26.8. The number of nitrogen functional groups attached to an aromatic ring is 1. The number of nitrogens with one attached hydrogen (secondary N) is 1. The Hall–Kier alpha value is -5.30. The predicted octanol–water partition coefficient (Wildman–Crippen LogP) is 4.18. The predicted molar refractivity (Wildman–Crippen MR) is 145 cm³/mol. The number of nitriles is 1. The number of hydrogen-bond acceptors (Lipinski definition) is 9. The summed E-state index contributed by atoms with van der Waals surface area (Å²) in [5, 5.41) is 13.4. The third kappa shape index (κ3) is 4.37. The van der Waals surface area contributed by atoms with Crippen molar-refractivity contribution < 1.29 is 4.74 Å². The number of fused-ring (bicyclic) bond motifs is 1. The highest BCUT2D eigenvalue weighted by Crippen LogP contribution is 2.30. The number of nitrogens with zero attached hydrogens (tertiary/aromatic N) is 6. The second-order valence-electron chi connectivity index (χ2n) is 8.60. The van der Waals surface area contributed by atoms with E-state index in [0.29, 0.717) is 39.6 Å². The maximum Gasteiger partial charge on any atom is 0.266 e. The number of benzene rings is 2. The van der Waals surface area contributed by atoms with Crippen molar-refractivity contribution in [3.63, 3.8) is 0 Å². The molecule has 0 aliphatic heterocycles. The standard InChI is InChI=1S/C28H24N8O2/c1-16-21(15-29)25(35-28(30)33-16)32-17(2)26-34-22-11-7-10-20(18-12-13-31-23(14-18)38-3)24(22)27(37)36(26)19-8-5-4-6-9-19/h4-14,17H,1-3H3,(H3,30,32,33,35)/t17-/m1/s1. The fraction of sp³-hybridized carbons (Fsp3) is 0.143. The van der Waals surface area contributed by atoms with Crippen LogP contribution in [0.3, 0.4) is 0 Å². The molecule has 3 N–H and O–H groups in total. The number of aryl methyl sites for hydroxylation is 1. The van der Waals surface area contributed by atoms with Crippen molar-refractivity contribution in [1.82, 2.24) is 24.5 Å². The van der Waals surface area contributed by atoms with Crippen LogP contribution in [0.5, 0.6) is 5.88 Å². The number of hydrogen-bond donors (Lipinski definition) is 2. The van der Waals surface area contributed by atoms with E-state index in [2.05, 4.69) is 26.3 Å². The summed E-state index contributed by atoms with van der Waals surface area (Å²) in [6.07, 6.45) is 1.64. The molecular weight excluding hydrogens is 480 g/mol. The molecular formula is C28H24N8O2. The molecule has 10 nitrogen and oxygen atoms in total. The van der Waals surface area contributed by atoms with Gasteiger partial charge in [0.25, 0.3) is 5.56 Å². The average molecular weight is 505 g/mol. The monoisotopic (exact) mass is 504 g/mol. The molecule has 0 aliphatic carbocycles. The number of nitrogens with two attached hydrogens (primary N) is 1. The van der Waals surface area contributed by atoms with Crippen LogP contribution in [0.15, 0.2) is 71.7 Å². The highest BCUT2D eigenvalue weighted by atomic mass is 16.5. The van der Waals surface area contributed by atoms with E-state index in [1.165, 1.54) is 0 Å². The van der Waals surface area contributed by atoms with Gasteiger partial charge in [-0.05, 0) is 49.2 Å². The molecule has 10 heteroatoms. The number of para-hydroxylation sites is 1. The van der Waals surface area contributed by atoms with E-state index in [1.807, 2.05) is 55.5 Å².